The van der Waals surface area contributed by atoms with Crippen LogP contribution in [-0.2, 0) is 4.79 Å². The molecule has 0 aliphatic heterocycles. The van der Waals surface area contributed by atoms with E-state index in [0.29, 0.717) is 10.6 Å². The fourth-order valence-corrected chi connectivity index (χ4v) is 3.65. The largest absolute Gasteiger partial charge is 0.493 e. The number of carbonyl (C=O) groups is 3. The van der Waals surface area contributed by atoms with Crippen LogP contribution in [0.2, 0.25) is 5.02 Å². The molecule has 0 unspecified atom stereocenters. The number of nitrogens with two attached hydrogens (primary N) is 2. The van der Waals surface area contributed by atoms with Crippen molar-refractivity contribution in [1.82, 2.24) is 0 Å². The van der Waals surface area contributed by atoms with Crippen molar-refractivity contribution >= 4 is 45.7 Å². The number of halogens is 1. The first kappa shape index (κ1) is 20.5. The van der Waals surface area contributed by atoms with Gasteiger partial charge in [0.15, 0.2) is 18.1 Å². The van der Waals surface area contributed by atoms with E-state index in [0.717, 1.165) is 4.88 Å². The number of hydrogen-bond donors (Lipinski definition) is 3. The van der Waals surface area contributed by atoms with Crippen LogP contribution in [0.25, 0.3) is 0 Å². The number of hydrogen-bond acceptors (Lipinski definition) is 6. The lowest BCUT2D eigenvalue weighted by Gasteiger charge is -2.13. The minimum Gasteiger partial charge on any atom is -0.493 e. The molecule has 0 atom stereocenters. The predicted octanol–water partition coefficient (Wildman–Crippen LogP) is 2.24. The Kier molecular flexibility index (Phi) is 6.29. The monoisotopic (exact) mass is 411 g/mol. The first-order valence-electron chi connectivity index (χ1n) is 7.65. The number of amides is 3. The van der Waals surface area contributed by atoms with Crippen LogP contribution in [-0.4, -0.2) is 31.4 Å². The number of anilines is 1. The highest BCUT2D eigenvalue weighted by Gasteiger charge is 2.21. The number of rotatable bonds is 7. The highest BCUT2D eigenvalue weighted by Crippen LogP contribution is 2.37. The molecule has 5 N–H and O–H groups in total. The molecule has 144 valence electrons. The van der Waals surface area contributed by atoms with E-state index >= 15 is 0 Å². The number of ether oxygens (including phenoxy) is 2. The molecule has 0 bridgehead atoms. The van der Waals surface area contributed by atoms with Crippen LogP contribution in [0.4, 0.5) is 5.00 Å². The lowest BCUT2D eigenvalue weighted by molar-refractivity contribution is -0.119. The van der Waals surface area contributed by atoms with Crippen LogP contribution in [0, 0.1) is 13.8 Å². The summed E-state index contributed by atoms with van der Waals surface area (Å²) in [6.45, 7) is 3.19. The molecule has 10 heteroatoms. The van der Waals surface area contributed by atoms with Gasteiger partial charge in [-0.1, -0.05) is 11.6 Å². The van der Waals surface area contributed by atoms with Gasteiger partial charge in [-0.05, 0) is 31.5 Å². The summed E-state index contributed by atoms with van der Waals surface area (Å²) in [5, 5.41) is 3.09. The summed E-state index contributed by atoms with van der Waals surface area (Å²) in [6, 6.07) is 2.75. The van der Waals surface area contributed by atoms with E-state index in [-0.39, 0.29) is 27.6 Å². The predicted molar refractivity (Wildman–Crippen MR) is 103 cm³/mol. The van der Waals surface area contributed by atoms with Gasteiger partial charge in [0.2, 0.25) is 0 Å². The van der Waals surface area contributed by atoms with E-state index in [1.807, 2.05) is 6.92 Å². The molecular formula is C17H18ClN3O5S. The summed E-state index contributed by atoms with van der Waals surface area (Å²) in [6.07, 6.45) is 0. The maximum absolute atomic E-state index is 12.6. The van der Waals surface area contributed by atoms with E-state index in [4.69, 9.17) is 32.5 Å². The summed E-state index contributed by atoms with van der Waals surface area (Å²) in [4.78, 5) is 36.1. The molecule has 2 rings (SSSR count). The van der Waals surface area contributed by atoms with Crippen LogP contribution >= 0.6 is 22.9 Å². The average Bonchev–Trinajstić information content (AvgIpc) is 2.86. The Balaban J connectivity index is 2.35. The second-order valence-electron chi connectivity index (χ2n) is 5.55. The van der Waals surface area contributed by atoms with Gasteiger partial charge in [-0.2, -0.15) is 0 Å². The van der Waals surface area contributed by atoms with Crippen LogP contribution in [0.15, 0.2) is 12.1 Å². The molecule has 1 aromatic carbocycles. The van der Waals surface area contributed by atoms with Gasteiger partial charge in [-0.25, -0.2) is 0 Å². The second kappa shape index (κ2) is 8.28. The van der Waals surface area contributed by atoms with Crippen LogP contribution < -0.4 is 26.3 Å². The first-order valence-corrected chi connectivity index (χ1v) is 8.84. The molecule has 0 fully saturated rings. The summed E-state index contributed by atoms with van der Waals surface area (Å²) in [5.74, 6) is -1.58. The van der Waals surface area contributed by atoms with Crippen molar-refractivity contribution in [1.29, 1.82) is 0 Å². The molecule has 3 amide bonds. The average molecular weight is 412 g/mol. The van der Waals surface area contributed by atoms with Crippen molar-refractivity contribution in [2.75, 3.05) is 19.0 Å². The molecule has 27 heavy (non-hydrogen) atoms. The topological polar surface area (TPSA) is 134 Å². The summed E-state index contributed by atoms with van der Waals surface area (Å²) < 4.78 is 10.4. The van der Waals surface area contributed by atoms with Gasteiger partial charge in [-0.15, -0.1) is 11.3 Å². The number of carbonyl (C=O) groups excluding carboxylic acids is 3. The molecular weight excluding hydrogens is 394 g/mol. The third-order valence-electron chi connectivity index (χ3n) is 3.71. The lowest BCUT2D eigenvalue weighted by Crippen LogP contribution is -2.20. The molecule has 0 spiro atoms. The Morgan fingerprint density at radius 3 is 2.44 bits per heavy atom. The lowest BCUT2D eigenvalue weighted by atomic mass is 10.1. The highest BCUT2D eigenvalue weighted by molar-refractivity contribution is 7.16. The minimum atomic E-state index is -0.683. The number of nitrogens with one attached hydrogen (secondary N) is 1. The molecule has 8 nitrogen and oxygen atoms in total. The third kappa shape index (κ3) is 4.50. The van der Waals surface area contributed by atoms with Crippen molar-refractivity contribution in [2.24, 2.45) is 11.5 Å². The standard InChI is InChI=1S/C17H18ClN3O5S/c1-7-8(2)27-17(13(7)15(20)23)21-16(24)9-4-10(18)14(11(5-9)25-3)26-6-12(19)22/h4-5H,6H2,1-3H3,(H2,19,22)(H2,20,23)(H,21,24). The van der Waals surface area contributed by atoms with Gasteiger partial charge in [0.25, 0.3) is 17.7 Å². The zero-order valence-electron chi connectivity index (χ0n) is 14.8. The zero-order valence-corrected chi connectivity index (χ0v) is 16.4. The van der Waals surface area contributed by atoms with Crippen molar-refractivity contribution in [3.8, 4) is 11.5 Å². The van der Waals surface area contributed by atoms with Crippen LogP contribution in [0.3, 0.4) is 0 Å². The van der Waals surface area contributed by atoms with Gasteiger partial charge in [0.1, 0.15) is 5.00 Å². The van der Waals surface area contributed by atoms with Crippen LogP contribution in [0.1, 0.15) is 31.2 Å². The van der Waals surface area contributed by atoms with E-state index in [2.05, 4.69) is 5.32 Å². The Labute approximate surface area is 164 Å². The smallest absolute Gasteiger partial charge is 0.256 e. The van der Waals surface area contributed by atoms with Gasteiger partial charge in [0, 0.05) is 10.4 Å². The van der Waals surface area contributed by atoms with E-state index in [9.17, 15) is 14.4 Å². The van der Waals surface area contributed by atoms with Gasteiger partial charge in [-0.3, -0.25) is 14.4 Å². The molecule has 1 aromatic heterocycles. The molecule has 0 aliphatic rings. The molecule has 2 aromatic rings. The zero-order chi connectivity index (χ0) is 20.3. The Bertz CT molecular complexity index is 926. The Morgan fingerprint density at radius 2 is 1.89 bits per heavy atom. The van der Waals surface area contributed by atoms with Crippen molar-refractivity contribution in [3.63, 3.8) is 0 Å². The highest BCUT2D eigenvalue weighted by atomic mass is 35.5. The fraction of sp³-hybridized carbons (Fsp3) is 0.235. The van der Waals surface area contributed by atoms with Crippen molar-refractivity contribution in [3.05, 3.63) is 38.7 Å². The van der Waals surface area contributed by atoms with Gasteiger partial charge >= 0.3 is 0 Å². The summed E-state index contributed by atoms with van der Waals surface area (Å²) in [7, 11) is 1.36. The first-order chi connectivity index (χ1) is 12.6. The second-order valence-corrected chi connectivity index (χ2v) is 7.18. The van der Waals surface area contributed by atoms with Crippen molar-refractivity contribution < 1.29 is 23.9 Å². The Hall–Kier alpha value is -2.78. The molecule has 0 saturated heterocycles. The third-order valence-corrected chi connectivity index (χ3v) is 5.11. The molecule has 0 radical (unpaired) electrons. The van der Waals surface area contributed by atoms with Crippen molar-refractivity contribution in [2.45, 2.75) is 13.8 Å². The summed E-state index contributed by atoms with van der Waals surface area (Å²) in [5.41, 5.74) is 11.6. The van der Waals surface area contributed by atoms with E-state index in [1.165, 1.54) is 30.6 Å². The number of benzene rings is 1. The molecule has 0 saturated carbocycles. The fourth-order valence-electron chi connectivity index (χ4n) is 2.32. The number of primary amides is 2. The minimum absolute atomic E-state index is 0.0643. The number of aryl methyl sites for hydroxylation is 1. The van der Waals surface area contributed by atoms with Gasteiger partial charge < -0.3 is 26.3 Å². The number of methoxy groups -OCH3 is 1. The maximum atomic E-state index is 12.6. The maximum Gasteiger partial charge on any atom is 0.256 e. The molecule has 1 heterocycles. The normalized spacial score (nSPS) is 10.4. The SMILES string of the molecule is COc1cc(C(=O)Nc2sc(C)c(C)c2C(N)=O)cc(Cl)c1OCC(N)=O. The molecule has 0 aliphatic carbocycles. The number of thiophene rings is 1. The Morgan fingerprint density at radius 1 is 1.22 bits per heavy atom. The quantitative estimate of drug-likeness (QED) is 0.642. The summed E-state index contributed by atoms with van der Waals surface area (Å²) >= 11 is 7.39. The van der Waals surface area contributed by atoms with Gasteiger partial charge in [0.05, 0.1) is 17.7 Å². The van der Waals surface area contributed by atoms with Crippen LogP contribution in [0.5, 0.6) is 11.5 Å². The van der Waals surface area contributed by atoms with E-state index < -0.39 is 24.3 Å². The van der Waals surface area contributed by atoms with E-state index in [1.54, 1.807) is 6.92 Å².